The van der Waals surface area contributed by atoms with E-state index in [0.29, 0.717) is 0 Å². The van der Waals surface area contributed by atoms with Crippen LogP contribution in [0.5, 0.6) is 5.75 Å². The summed E-state index contributed by atoms with van der Waals surface area (Å²) in [4.78, 5) is 10.7. The molecular weight excluding hydrogens is 188 g/mol. The lowest BCUT2D eigenvalue weighted by molar-refractivity contribution is 0.112. The van der Waals surface area contributed by atoms with E-state index in [4.69, 9.17) is 4.74 Å². The maximum atomic E-state index is 10.7. The molecule has 3 rings (SSSR count). The Hall–Kier alpha value is -1.83. The van der Waals surface area contributed by atoms with Gasteiger partial charge in [0.05, 0.1) is 6.61 Å². The van der Waals surface area contributed by atoms with Gasteiger partial charge in [0.1, 0.15) is 12.0 Å². The van der Waals surface area contributed by atoms with Crippen LogP contribution >= 0.6 is 0 Å². The van der Waals surface area contributed by atoms with Gasteiger partial charge in [-0.15, -0.1) is 0 Å². The first-order valence-electron chi connectivity index (χ1n) is 5.01. The van der Waals surface area contributed by atoms with E-state index in [-0.39, 0.29) is 0 Å². The van der Waals surface area contributed by atoms with E-state index in [1.54, 1.807) is 0 Å². The number of hydrogen-bond acceptors (Lipinski definition) is 2. The number of benzene rings is 2. The lowest BCUT2D eigenvalue weighted by atomic mass is 10.0. The Kier molecular flexibility index (Phi) is 1.75. The van der Waals surface area contributed by atoms with E-state index < -0.39 is 0 Å². The van der Waals surface area contributed by atoms with Crippen molar-refractivity contribution in [2.24, 2.45) is 0 Å². The van der Waals surface area contributed by atoms with Gasteiger partial charge in [-0.05, 0) is 34.5 Å². The Balaban J connectivity index is 2.28. The maximum Gasteiger partial charge on any atom is 0.150 e. The van der Waals surface area contributed by atoms with Crippen LogP contribution < -0.4 is 4.74 Å². The molecule has 0 aliphatic carbocycles. The first-order chi connectivity index (χ1) is 7.36. The van der Waals surface area contributed by atoms with Crippen molar-refractivity contribution in [2.45, 2.75) is 6.42 Å². The molecule has 0 N–H and O–H groups in total. The minimum Gasteiger partial charge on any atom is -0.493 e. The zero-order valence-corrected chi connectivity index (χ0v) is 8.19. The Labute approximate surface area is 87.5 Å². The number of carbonyl (C=O) groups is 1. The molecule has 0 saturated heterocycles. The molecule has 2 aromatic rings. The van der Waals surface area contributed by atoms with Gasteiger partial charge >= 0.3 is 0 Å². The molecule has 2 heteroatoms. The molecule has 0 spiro atoms. The van der Waals surface area contributed by atoms with Crippen molar-refractivity contribution in [2.75, 3.05) is 6.61 Å². The first kappa shape index (κ1) is 8.48. The summed E-state index contributed by atoms with van der Waals surface area (Å²) in [7, 11) is 0. The van der Waals surface area contributed by atoms with Crippen LogP contribution in [0.2, 0.25) is 0 Å². The van der Waals surface area contributed by atoms with Crippen molar-refractivity contribution in [1.29, 1.82) is 0 Å². The molecule has 0 saturated carbocycles. The van der Waals surface area contributed by atoms with Crippen molar-refractivity contribution in [3.05, 3.63) is 41.5 Å². The Morgan fingerprint density at radius 2 is 2.07 bits per heavy atom. The smallest absolute Gasteiger partial charge is 0.150 e. The maximum absolute atomic E-state index is 10.7. The predicted octanol–water partition coefficient (Wildman–Crippen LogP) is 2.59. The average molecular weight is 198 g/mol. The van der Waals surface area contributed by atoms with Gasteiger partial charge < -0.3 is 4.74 Å². The average Bonchev–Trinajstić information content (AvgIpc) is 2.72. The lowest BCUT2D eigenvalue weighted by Gasteiger charge is -2.03. The summed E-state index contributed by atoms with van der Waals surface area (Å²) in [6.45, 7) is 0.770. The molecule has 0 unspecified atom stereocenters. The summed E-state index contributed by atoms with van der Waals surface area (Å²) in [5.41, 5.74) is 1.96. The van der Waals surface area contributed by atoms with Crippen molar-refractivity contribution in [1.82, 2.24) is 0 Å². The molecule has 0 amide bonds. The molecule has 15 heavy (non-hydrogen) atoms. The van der Waals surface area contributed by atoms with Crippen LogP contribution in [0.15, 0.2) is 30.3 Å². The van der Waals surface area contributed by atoms with Crippen LogP contribution in [0, 0.1) is 0 Å². The topological polar surface area (TPSA) is 26.3 Å². The molecule has 0 atom stereocenters. The zero-order valence-electron chi connectivity index (χ0n) is 8.19. The number of carbonyl (C=O) groups excluding carboxylic acids is 1. The van der Waals surface area contributed by atoms with E-state index in [0.717, 1.165) is 41.4 Å². The number of fused-ring (bicyclic) bond motifs is 2. The van der Waals surface area contributed by atoms with Crippen LogP contribution in [0.25, 0.3) is 10.8 Å². The summed E-state index contributed by atoms with van der Waals surface area (Å²) in [5.74, 6) is 0.987. The van der Waals surface area contributed by atoms with Gasteiger partial charge in [0.25, 0.3) is 0 Å². The van der Waals surface area contributed by atoms with Crippen molar-refractivity contribution < 1.29 is 9.53 Å². The van der Waals surface area contributed by atoms with Crippen LogP contribution in [0.3, 0.4) is 0 Å². The molecule has 1 aliphatic heterocycles. The molecular formula is C13H10O2. The van der Waals surface area contributed by atoms with Gasteiger partial charge in [0.15, 0.2) is 0 Å². The minimum absolute atomic E-state index is 0.723. The second kappa shape index (κ2) is 3.09. The Morgan fingerprint density at radius 1 is 1.13 bits per heavy atom. The number of ether oxygens (including phenoxy) is 1. The lowest BCUT2D eigenvalue weighted by Crippen LogP contribution is -1.85. The van der Waals surface area contributed by atoms with Crippen LogP contribution in [-0.4, -0.2) is 12.9 Å². The van der Waals surface area contributed by atoms with Gasteiger partial charge in [-0.3, -0.25) is 4.79 Å². The Morgan fingerprint density at radius 3 is 2.93 bits per heavy atom. The van der Waals surface area contributed by atoms with E-state index in [2.05, 4.69) is 6.07 Å². The third-order valence-electron chi connectivity index (χ3n) is 2.81. The highest BCUT2D eigenvalue weighted by Crippen LogP contribution is 2.30. The van der Waals surface area contributed by atoms with Gasteiger partial charge in [0.2, 0.25) is 0 Å². The SMILES string of the molecule is O=Cc1ccc2cc3c(cc2c1)CCO3. The normalized spacial score (nSPS) is 13.6. The highest BCUT2D eigenvalue weighted by atomic mass is 16.5. The fourth-order valence-corrected chi connectivity index (χ4v) is 2.02. The summed E-state index contributed by atoms with van der Waals surface area (Å²) < 4.78 is 5.49. The predicted molar refractivity (Wildman–Crippen MR) is 58.5 cm³/mol. The summed E-state index contributed by atoms with van der Waals surface area (Å²) in [5, 5.41) is 2.24. The molecule has 74 valence electrons. The largest absolute Gasteiger partial charge is 0.493 e. The Bertz CT molecular complexity index is 543. The number of aldehydes is 1. The third kappa shape index (κ3) is 1.30. The van der Waals surface area contributed by atoms with Gasteiger partial charge in [-0.1, -0.05) is 12.1 Å². The highest BCUT2D eigenvalue weighted by Gasteiger charge is 2.12. The first-order valence-corrected chi connectivity index (χ1v) is 5.01. The summed E-state index contributed by atoms with van der Waals surface area (Å²) in [6.07, 6.45) is 1.85. The molecule has 2 nitrogen and oxygen atoms in total. The van der Waals surface area contributed by atoms with E-state index in [1.165, 1.54) is 5.56 Å². The second-order valence-corrected chi connectivity index (χ2v) is 3.78. The molecule has 2 aromatic carbocycles. The summed E-state index contributed by atoms with van der Waals surface area (Å²) in [6, 6.07) is 9.87. The van der Waals surface area contributed by atoms with Gasteiger partial charge in [-0.2, -0.15) is 0 Å². The van der Waals surface area contributed by atoms with Crippen molar-refractivity contribution >= 4 is 17.1 Å². The van der Waals surface area contributed by atoms with Crippen molar-refractivity contribution in [3.63, 3.8) is 0 Å². The van der Waals surface area contributed by atoms with Crippen molar-refractivity contribution in [3.8, 4) is 5.75 Å². The summed E-state index contributed by atoms with van der Waals surface area (Å²) >= 11 is 0. The molecule has 0 bridgehead atoms. The fraction of sp³-hybridized carbons (Fsp3) is 0.154. The monoisotopic (exact) mass is 198 g/mol. The quantitative estimate of drug-likeness (QED) is 0.658. The zero-order chi connectivity index (χ0) is 10.3. The van der Waals surface area contributed by atoms with Crippen LogP contribution in [0.1, 0.15) is 15.9 Å². The molecule has 0 aromatic heterocycles. The highest BCUT2D eigenvalue weighted by molar-refractivity contribution is 5.90. The molecule has 1 heterocycles. The minimum atomic E-state index is 0.723. The number of hydrogen-bond donors (Lipinski definition) is 0. The number of rotatable bonds is 1. The fourth-order valence-electron chi connectivity index (χ4n) is 2.02. The van der Waals surface area contributed by atoms with E-state index in [9.17, 15) is 4.79 Å². The molecule has 1 aliphatic rings. The second-order valence-electron chi connectivity index (χ2n) is 3.78. The van der Waals surface area contributed by atoms with E-state index >= 15 is 0 Å². The third-order valence-corrected chi connectivity index (χ3v) is 2.81. The van der Waals surface area contributed by atoms with Crippen LogP contribution in [0.4, 0.5) is 0 Å². The van der Waals surface area contributed by atoms with Crippen LogP contribution in [-0.2, 0) is 6.42 Å². The standard InChI is InChI=1S/C13H10O2/c14-8-9-1-2-10-7-13-11(3-4-15-13)6-12(10)5-9/h1-2,5-8H,3-4H2. The van der Waals surface area contributed by atoms with Gasteiger partial charge in [-0.25, -0.2) is 0 Å². The molecule has 0 fully saturated rings. The molecule has 0 radical (unpaired) electrons. The van der Waals surface area contributed by atoms with Gasteiger partial charge in [0, 0.05) is 12.0 Å². The van der Waals surface area contributed by atoms with E-state index in [1.807, 2.05) is 24.3 Å².